The molecule has 0 aliphatic carbocycles. The van der Waals surface area contributed by atoms with Gasteiger partial charge in [-0.3, -0.25) is 9.59 Å². The molecule has 0 atom stereocenters. The van der Waals surface area contributed by atoms with Gasteiger partial charge in [0.05, 0.1) is 12.3 Å². The van der Waals surface area contributed by atoms with Crippen LogP contribution in [0, 0.1) is 0 Å². The standard InChI is InChI=1S/C25H26N2O4/c28-23(26-18-25(29)30)14-8-3-9-15-31-24-17-21(19-10-4-1-5-11-19)16-22(27-24)20-12-6-2-7-13-20/h1-2,4-7,10-13,16-17H,3,8-9,14-15,18H2,(H,26,28)(H,29,30). The van der Waals surface area contributed by atoms with Gasteiger partial charge in [0.2, 0.25) is 11.8 Å². The van der Waals surface area contributed by atoms with Crippen LogP contribution >= 0.6 is 0 Å². The molecule has 0 spiro atoms. The highest BCUT2D eigenvalue weighted by Gasteiger charge is 2.08. The molecule has 3 aromatic rings. The number of nitrogens with one attached hydrogen (secondary N) is 1. The van der Waals surface area contributed by atoms with Crippen molar-refractivity contribution in [1.82, 2.24) is 10.3 Å². The van der Waals surface area contributed by atoms with Crippen molar-refractivity contribution < 1.29 is 19.4 Å². The monoisotopic (exact) mass is 418 g/mol. The molecule has 0 saturated carbocycles. The van der Waals surface area contributed by atoms with Gasteiger partial charge in [0.1, 0.15) is 6.54 Å². The molecule has 0 saturated heterocycles. The molecule has 0 unspecified atom stereocenters. The molecular weight excluding hydrogens is 392 g/mol. The number of aromatic nitrogens is 1. The summed E-state index contributed by atoms with van der Waals surface area (Å²) in [6.07, 6.45) is 2.59. The Labute approximate surface area is 181 Å². The number of carboxylic acids is 1. The van der Waals surface area contributed by atoms with Gasteiger partial charge in [0.15, 0.2) is 0 Å². The third-order valence-electron chi connectivity index (χ3n) is 4.71. The molecular formula is C25H26N2O4. The van der Waals surface area contributed by atoms with E-state index in [1.807, 2.05) is 54.6 Å². The largest absolute Gasteiger partial charge is 0.480 e. The lowest BCUT2D eigenvalue weighted by molar-refractivity contribution is -0.137. The van der Waals surface area contributed by atoms with Crippen LogP contribution in [0.1, 0.15) is 25.7 Å². The minimum atomic E-state index is -1.04. The number of rotatable bonds is 11. The number of amides is 1. The molecule has 1 heterocycles. The van der Waals surface area contributed by atoms with E-state index in [1.54, 1.807) is 0 Å². The maximum Gasteiger partial charge on any atom is 0.322 e. The summed E-state index contributed by atoms with van der Waals surface area (Å²) >= 11 is 0. The Balaban J connectivity index is 1.58. The molecule has 0 aliphatic rings. The fourth-order valence-electron chi connectivity index (χ4n) is 3.14. The average Bonchev–Trinajstić information content (AvgIpc) is 2.81. The lowest BCUT2D eigenvalue weighted by atomic mass is 10.0. The van der Waals surface area contributed by atoms with E-state index in [4.69, 9.17) is 9.84 Å². The number of unbranched alkanes of at least 4 members (excludes halogenated alkanes) is 2. The van der Waals surface area contributed by atoms with Crippen LogP contribution < -0.4 is 10.1 Å². The number of nitrogens with zero attached hydrogens (tertiary/aromatic N) is 1. The van der Waals surface area contributed by atoms with Crippen LogP contribution in [0.2, 0.25) is 0 Å². The second kappa shape index (κ2) is 11.5. The topological polar surface area (TPSA) is 88.5 Å². The molecule has 31 heavy (non-hydrogen) atoms. The molecule has 1 aromatic heterocycles. The predicted octanol–water partition coefficient (Wildman–Crippen LogP) is 4.56. The molecule has 0 fully saturated rings. The normalized spacial score (nSPS) is 10.5. The first-order valence-electron chi connectivity index (χ1n) is 10.4. The summed E-state index contributed by atoms with van der Waals surface area (Å²) in [5.41, 5.74) is 4.02. The number of carboxylic acid groups (broad SMARTS) is 1. The zero-order valence-corrected chi connectivity index (χ0v) is 17.3. The first kappa shape index (κ1) is 22.0. The molecule has 1 amide bonds. The van der Waals surface area contributed by atoms with Crippen molar-refractivity contribution in [2.45, 2.75) is 25.7 Å². The summed E-state index contributed by atoms with van der Waals surface area (Å²) in [5.74, 6) is -0.714. The third-order valence-corrected chi connectivity index (χ3v) is 4.71. The number of pyridine rings is 1. The summed E-state index contributed by atoms with van der Waals surface area (Å²) in [7, 11) is 0. The summed E-state index contributed by atoms with van der Waals surface area (Å²) in [5, 5.41) is 10.9. The van der Waals surface area contributed by atoms with Gasteiger partial charge in [0.25, 0.3) is 0 Å². The van der Waals surface area contributed by atoms with Gasteiger partial charge in [-0.05, 0) is 36.5 Å². The minimum Gasteiger partial charge on any atom is -0.480 e. The van der Waals surface area contributed by atoms with Gasteiger partial charge in [-0.15, -0.1) is 0 Å². The zero-order valence-electron chi connectivity index (χ0n) is 17.3. The average molecular weight is 418 g/mol. The molecule has 2 aromatic carbocycles. The van der Waals surface area contributed by atoms with Crippen LogP contribution in [-0.4, -0.2) is 35.1 Å². The van der Waals surface area contributed by atoms with Gasteiger partial charge in [-0.25, -0.2) is 4.98 Å². The SMILES string of the molecule is O=C(O)CNC(=O)CCCCCOc1cc(-c2ccccc2)cc(-c2ccccc2)n1. The lowest BCUT2D eigenvalue weighted by Gasteiger charge is -2.11. The maximum absolute atomic E-state index is 11.5. The Kier molecular flexibility index (Phi) is 8.17. The Bertz CT molecular complexity index is 933. The zero-order chi connectivity index (χ0) is 21.9. The van der Waals surface area contributed by atoms with Crippen LogP contribution in [0.25, 0.3) is 22.4 Å². The van der Waals surface area contributed by atoms with Gasteiger partial charge < -0.3 is 15.2 Å². The molecule has 0 radical (unpaired) electrons. The minimum absolute atomic E-state index is 0.243. The molecule has 2 N–H and O–H groups in total. The molecule has 6 nitrogen and oxygen atoms in total. The maximum atomic E-state index is 11.5. The first-order valence-corrected chi connectivity index (χ1v) is 10.4. The Morgan fingerprint density at radius 3 is 2.19 bits per heavy atom. The van der Waals surface area contributed by atoms with E-state index in [9.17, 15) is 9.59 Å². The Morgan fingerprint density at radius 1 is 0.839 bits per heavy atom. The number of aliphatic carboxylic acids is 1. The Morgan fingerprint density at radius 2 is 1.52 bits per heavy atom. The van der Waals surface area contributed by atoms with Crippen LogP contribution in [0.4, 0.5) is 0 Å². The summed E-state index contributed by atoms with van der Waals surface area (Å²) < 4.78 is 5.93. The first-order chi connectivity index (χ1) is 15.1. The van der Waals surface area contributed by atoms with Gasteiger partial charge in [-0.2, -0.15) is 0 Å². The van der Waals surface area contributed by atoms with Gasteiger partial charge >= 0.3 is 5.97 Å². The van der Waals surface area contributed by atoms with Crippen molar-refractivity contribution in [3.8, 4) is 28.3 Å². The highest BCUT2D eigenvalue weighted by molar-refractivity contribution is 5.81. The lowest BCUT2D eigenvalue weighted by Crippen LogP contribution is -2.28. The summed E-state index contributed by atoms with van der Waals surface area (Å²) in [6.45, 7) is 0.158. The van der Waals surface area contributed by atoms with E-state index < -0.39 is 5.97 Å². The number of carbonyl (C=O) groups is 2. The van der Waals surface area contributed by atoms with Crippen molar-refractivity contribution in [3.63, 3.8) is 0 Å². The smallest absolute Gasteiger partial charge is 0.322 e. The molecule has 6 heteroatoms. The van der Waals surface area contributed by atoms with Crippen molar-refractivity contribution >= 4 is 11.9 Å². The second-order valence-electron chi connectivity index (χ2n) is 7.14. The van der Waals surface area contributed by atoms with Crippen molar-refractivity contribution in [2.75, 3.05) is 13.2 Å². The highest BCUT2D eigenvalue weighted by atomic mass is 16.5. The van der Waals surface area contributed by atoms with Crippen LogP contribution in [0.3, 0.4) is 0 Å². The quantitative estimate of drug-likeness (QED) is 0.446. The molecule has 3 rings (SSSR count). The molecule has 160 valence electrons. The van der Waals surface area contributed by atoms with Crippen LogP contribution in [0.15, 0.2) is 72.8 Å². The van der Waals surface area contributed by atoms with Crippen molar-refractivity contribution in [2.24, 2.45) is 0 Å². The van der Waals surface area contributed by atoms with E-state index in [-0.39, 0.29) is 12.5 Å². The van der Waals surface area contributed by atoms with Gasteiger partial charge in [-0.1, -0.05) is 60.7 Å². The fraction of sp³-hybridized carbons (Fsp3) is 0.240. The summed E-state index contributed by atoms with van der Waals surface area (Å²) in [4.78, 5) is 26.6. The van der Waals surface area contributed by atoms with Crippen molar-refractivity contribution in [3.05, 3.63) is 72.8 Å². The van der Waals surface area contributed by atoms with Crippen molar-refractivity contribution in [1.29, 1.82) is 0 Å². The van der Waals surface area contributed by atoms with E-state index in [0.717, 1.165) is 35.2 Å². The summed E-state index contributed by atoms with van der Waals surface area (Å²) in [6, 6.07) is 24.1. The van der Waals surface area contributed by atoms with Gasteiger partial charge in [0, 0.05) is 18.1 Å². The van der Waals surface area contributed by atoms with E-state index in [1.165, 1.54) is 0 Å². The predicted molar refractivity (Wildman–Crippen MR) is 120 cm³/mol. The fourth-order valence-corrected chi connectivity index (χ4v) is 3.14. The van der Waals surface area contributed by atoms with Crippen LogP contribution in [0.5, 0.6) is 5.88 Å². The number of carbonyl (C=O) groups excluding carboxylic acids is 1. The molecule has 0 aliphatic heterocycles. The molecule has 0 bridgehead atoms. The van der Waals surface area contributed by atoms with E-state index in [0.29, 0.717) is 25.3 Å². The van der Waals surface area contributed by atoms with E-state index in [2.05, 4.69) is 28.5 Å². The highest BCUT2D eigenvalue weighted by Crippen LogP contribution is 2.28. The second-order valence-corrected chi connectivity index (χ2v) is 7.14. The van der Waals surface area contributed by atoms with E-state index >= 15 is 0 Å². The number of hydrogen-bond acceptors (Lipinski definition) is 4. The number of hydrogen-bond donors (Lipinski definition) is 2. The third kappa shape index (κ3) is 7.26. The number of ether oxygens (including phenoxy) is 1. The number of benzene rings is 2. The Hall–Kier alpha value is -3.67. The van der Waals surface area contributed by atoms with Crippen LogP contribution in [-0.2, 0) is 9.59 Å².